The summed E-state index contributed by atoms with van der Waals surface area (Å²) in [7, 11) is 1.95. The summed E-state index contributed by atoms with van der Waals surface area (Å²) >= 11 is 0. The maximum atomic E-state index is 4.00. The summed E-state index contributed by atoms with van der Waals surface area (Å²) in [6, 6.07) is 0. The van der Waals surface area contributed by atoms with Gasteiger partial charge in [0.15, 0.2) is 0 Å². The number of aromatic nitrogens is 3. The second-order valence-electron chi connectivity index (χ2n) is 4.00. The standard InChI is InChI=1S/C8H16N4/c1-6-10-11-7(12(6)5)9-8(2,3)4/h1-5H3,(H,9,11). The van der Waals surface area contributed by atoms with Crippen molar-refractivity contribution in [2.75, 3.05) is 5.32 Å². The molecule has 0 aliphatic carbocycles. The number of anilines is 1. The zero-order chi connectivity index (χ0) is 9.35. The average Bonchev–Trinajstić information content (AvgIpc) is 2.16. The molecule has 1 N–H and O–H groups in total. The Hall–Kier alpha value is -1.06. The van der Waals surface area contributed by atoms with Crippen molar-refractivity contribution in [3.8, 4) is 0 Å². The highest BCUT2D eigenvalue weighted by atomic mass is 15.3. The molecule has 0 bridgehead atoms. The molecule has 0 aliphatic rings. The number of nitrogens with zero attached hydrogens (tertiary/aromatic N) is 3. The Balaban J connectivity index is 2.83. The van der Waals surface area contributed by atoms with Crippen LogP contribution in [-0.2, 0) is 7.05 Å². The van der Waals surface area contributed by atoms with E-state index in [4.69, 9.17) is 0 Å². The van der Waals surface area contributed by atoms with Gasteiger partial charge < -0.3 is 9.88 Å². The van der Waals surface area contributed by atoms with Gasteiger partial charge >= 0.3 is 0 Å². The molecular formula is C8H16N4. The second-order valence-corrected chi connectivity index (χ2v) is 4.00. The van der Waals surface area contributed by atoms with Gasteiger partial charge in [-0.1, -0.05) is 0 Å². The van der Waals surface area contributed by atoms with Gasteiger partial charge in [0, 0.05) is 12.6 Å². The van der Waals surface area contributed by atoms with Crippen LogP contribution in [0.1, 0.15) is 26.6 Å². The molecule has 68 valence electrons. The first-order chi connectivity index (χ1) is 5.40. The number of hydrogen-bond donors (Lipinski definition) is 1. The first-order valence-corrected chi connectivity index (χ1v) is 4.04. The van der Waals surface area contributed by atoms with Gasteiger partial charge in [-0.05, 0) is 27.7 Å². The van der Waals surface area contributed by atoms with E-state index in [1.54, 1.807) is 0 Å². The molecule has 1 aromatic heterocycles. The smallest absolute Gasteiger partial charge is 0.224 e. The van der Waals surface area contributed by atoms with Crippen LogP contribution < -0.4 is 5.32 Å². The van der Waals surface area contributed by atoms with E-state index in [0.717, 1.165) is 11.8 Å². The SMILES string of the molecule is Cc1nnc(NC(C)(C)C)n1C. The molecule has 1 heterocycles. The molecule has 0 atom stereocenters. The van der Waals surface area contributed by atoms with Gasteiger partial charge in [0.1, 0.15) is 5.82 Å². The van der Waals surface area contributed by atoms with E-state index in [0.29, 0.717) is 0 Å². The molecule has 1 aromatic rings. The summed E-state index contributed by atoms with van der Waals surface area (Å²) in [6.45, 7) is 8.21. The molecule has 0 saturated carbocycles. The lowest BCUT2D eigenvalue weighted by atomic mass is 10.1. The Morgan fingerprint density at radius 1 is 1.25 bits per heavy atom. The van der Waals surface area contributed by atoms with Gasteiger partial charge in [-0.3, -0.25) is 0 Å². The fourth-order valence-electron chi connectivity index (χ4n) is 0.851. The molecule has 4 nitrogen and oxygen atoms in total. The van der Waals surface area contributed by atoms with Crippen LogP contribution in [0.4, 0.5) is 5.95 Å². The predicted octanol–water partition coefficient (Wildman–Crippen LogP) is 1.33. The van der Waals surface area contributed by atoms with Crippen molar-refractivity contribution in [1.82, 2.24) is 14.8 Å². The van der Waals surface area contributed by atoms with Gasteiger partial charge in [-0.2, -0.15) is 0 Å². The van der Waals surface area contributed by atoms with Crippen molar-refractivity contribution in [3.05, 3.63) is 5.82 Å². The molecule has 4 heteroatoms. The van der Waals surface area contributed by atoms with E-state index in [9.17, 15) is 0 Å². The molecular weight excluding hydrogens is 152 g/mol. The van der Waals surface area contributed by atoms with Crippen LogP contribution in [0.25, 0.3) is 0 Å². The summed E-state index contributed by atoms with van der Waals surface area (Å²) in [4.78, 5) is 0. The highest BCUT2D eigenvalue weighted by Crippen LogP contribution is 2.11. The highest BCUT2D eigenvalue weighted by molar-refractivity contribution is 5.28. The van der Waals surface area contributed by atoms with Crippen LogP contribution >= 0.6 is 0 Å². The normalized spacial score (nSPS) is 11.8. The Morgan fingerprint density at radius 3 is 2.17 bits per heavy atom. The van der Waals surface area contributed by atoms with E-state index in [1.165, 1.54) is 0 Å². The molecule has 0 fully saturated rings. The summed E-state index contributed by atoms with van der Waals surface area (Å²) in [5.41, 5.74) is 0.0350. The van der Waals surface area contributed by atoms with Crippen molar-refractivity contribution in [3.63, 3.8) is 0 Å². The van der Waals surface area contributed by atoms with Crippen molar-refractivity contribution in [1.29, 1.82) is 0 Å². The van der Waals surface area contributed by atoms with Gasteiger partial charge in [0.2, 0.25) is 5.95 Å². The van der Waals surface area contributed by atoms with Crippen LogP contribution in [0.5, 0.6) is 0 Å². The monoisotopic (exact) mass is 168 g/mol. The maximum absolute atomic E-state index is 4.00. The molecule has 0 spiro atoms. The second kappa shape index (κ2) is 2.77. The Kier molecular flexibility index (Phi) is 2.08. The number of aryl methyl sites for hydroxylation is 1. The summed E-state index contributed by atoms with van der Waals surface area (Å²) in [5, 5.41) is 11.2. The molecule has 0 amide bonds. The van der Waals surface area contributed by atoms with E-state index < -0.39 is 0 Å². The summed E-state index contributed by atoms with van der Waals surface area (Å²) < 4.78 is 1.94. The van der Waals surface area contributed by atoms with E-state index in [-0.39, 0.29) is 5.54 Å². The minimum Gasteiger partial charge on any atom is -0.350 e. The van der Waals surface area contributed by atoms with Crippen LogP contribution in [-0.4, -0.2) is 20.3 Å². The number of rotatable bonds is 1. The van der Waals surface area contributed by atoms with Crippen molar-refractivity contribution in [2.24, 2.45) is 7.05 Å². The fraction of sp³-hybridized carbons (Fsp3) is 0.750. The quantitative estimate of drug-likeness (QED) is 0.688. The average molecular weight is 168 g/mol. The summed E-state index contributed by atoms with van der Waals surface area (Å²) in [6.07, 6.45) is 0. The van der Waals surface area contributed by atoms with Crippen molar-refractivity contribution >= 4 is 5.95 Å². The Labute approximate surface area is 73.0 Å². The third-order valence-corrected chi connectivity index (χ3v) is 1.58. The molecule has 1 rings (SSSR count). The lowest BCUT2D eigenvalue weighted by Gasteiger charge is -2.20. The first kappa shape index (κ1) is 9.03. The first-order valence-electron chi connectivity index (χ1n) is 4.04. The fourth-order valence-corrected chi connectivity index (χ4v) is 0.851. The molecule has 0 saturated heterocycles. The topological polar surface area (TPSA) is 42.7 Å². The molecule has 0 radical (unpaired) electrons. The highest BCUT2D eigenvalue weighted by Gasteiger charge is 2.13. The van der Waals surface area contributed by atoms with Crippen molar-refractivity contribution in [2.45, 2.75) is 33.2 Å². The zero-order valence-electron chi connectivity index (χ0n) is 8.34. The lowest BCUT2D eigenvalue weighted by molar-refractivity contribution is 0.619. The van der Waals surface area contributed by atoms with Crippen LogP contribution in [0.3, 0.4) is 0 Å². The third-order valence-electron chi connectivity index (χ3n) is 1.58. The predicted molar refractivity (Wildman–Crippen MR) is 49.1 cm³/mol. The van der Waals surface area contributed by atoms with Gasteiger partial charge in [0.05, 0.1) is 0 Å². The zero-order valence-corrected chi connectivity index (χ0v) is 8.34. The van der Waals surface area contributed by atoms with E-state index in [2.05, 4.69) is 36.3 Å². The number of hydrogen-bond acceptors (Lipinski definition) is 3. The molecule has 0 aliphatic heterocycles. The minimum absolute atomic E-state index is 0.0350. The van der Waals surface area contributed by atoms with Crippen LogP contribution in [0.2, 0.25) is 0 Å². The minimum atomic E-state index is 0.0350. The van der Waals surface area contributed by atoms with E-state index >= 15 is 0 Å². The molecule has 0 aromatic carbocycles. The maximum Gasteiger partial charge on any atom is 0.224 e. The lowest BCUT2D eigenvalue weighted by Crippen LogP contribution is -2.27. The van der Waals surface area contributed by atoms with Crippen LogP contribution in [0.15, 0.2) is 0 Å². The van der Waals surface area contributed by atoms with E-state index in [1.807, 2.05) is 18.5 Å². The Morgan fingerprint density at radius 2 is 1.83 bits per heavy atom. The van der Waals surface area contributed by atoms with Crippen LogP contribution in [0, 0.1) is 6.92 Å². The Bertz CT molecular complexity index is 269. The van der Waals surface area contributed by atoms with Crippen molar-refractivity contribution < 1.29 is 0 Å². The molecule has 12 heavy (non-hydrogen) atoms. The largest absolute Gasteiger partial charge is 0.350 e. The third kappa shape index (κ3) is 1.96. The van der Waals surface area contributed by atoms with Gasteiger partial charge in [-0.25, -0.2) is 0 Å². The molecule has 0 unspecified atom stereocenters. The summed E-state index contributed by atoms with van der Waals surface area (Å²) in [5.74, 6) is 1.74. The van der Waals surface area contributed by atoms with Gasteiger partial charge in [-0.15, -0.1) is 10.2 Å². The van der Waals surface area contributed by atoms with Gasteiger partial charge in [0.25, 0.3) is 0 Å². The number of nitrogens with one attached hydrogen (secondary N) is 1.